The van der Waals surface area contributed by atoms with Gasteiger partial charge in [0.05, 0.1) is 37.9 Å². The molecule has 0 unspecified atom stereocenters. The number of benzene rings is 1. The van der Waals surface area contributed by atoms with Crippen LogP contribution >= 0.6 is 0 Å². The third-order valence-electron chi connectivity index (χ3n) is 7.02. The lowest BCUT2D eigenvalue weighted by Crippen LogP contribution is -2.55. The lowest BCUT2D eigenvalue weighted by molar-refractivity contribution is -0.161. The Hall–Kier alpha value is -1.87. The maximum atomic E-state index is 12.7. The summed E-state index contributed by atoms with van der Waals surface area (Å²) in [7, 11) is 0. The highest BCUT2D eigenvalue weighted by Crippen LogP contribution is 2.34. The highest BCUT2D eigenvalue weighted by molar-refractivity contribution is 5.76. The molecule has 5 rings (SSSR count). The first kappa shape index (κ1) is 21.9. The molecule has 1 amide bonds. The fraction of sp³-hybridized carbons (Fsp3) is 0.708. The number of aliphatic hydroxyl groups excluding tert-OH is 1. The van der Waals surface area contributed by atoms with Gasteiger partial charge in [-0.3, -0.25) is 9.69 Å². The van der Waals surface area contributed by atoms with Crippen molar-refractivity contribution in [1.29, 1.82) is 0 Å². The van der Waals surface area contributed by atoms with Crippen molar-refractivity contribution in [3.8, 4) is 11.5 Å². The van der Waals surface area contributed by atoms with Crippen LogP contribution in [0.25, 0.3) is 0 Å². The molecule has 1 aromatic rings. The van der Waals surface area contributed by atoms with E-state index in [4.69, 9.17) is 18.9 Å². The molecule has 0 spiro atoms. The van der Waals surface area contributed by atoms with Gasteiger partial charge in [0.15, 0.2) is 11.5 Å². The zero-order valence-electron chi connectivity index (χ0n) is 18.6. The van der Waals surface area contributed by atoms with Gasteiger partial charge in [-0.1, -0.05) is 6.07 Å². The topological polar surface area (TPSA) is 80.7 Å². The second-order valence-corrected chi connectivity index (χ2v) is 9.40. The number of hydrogen-bond acceptors (Lipinski definition) is 7. The van der Waals surface area contributed by atoms with Crippen LogP contribution in [0.3, 0.4) is 0 Å². The number of aliphatic hydroxyl groups is 1. The minimum Gasteiger partial charge on any atom is -0.454 e. The van der Waals surface area contributed by atoms with Gasteiger partial charge in [-0.15, -0.1) is 0 Å². The van der Waals surface area contributed by atoms with Crippen molar-refractivity contribution in [2.24, 2.45) is 0 Å². The standard InChI is InChI=1S/C24H34N2O6/c27-18-13-26(12-17-4-7-21-22(10-17)31-16-30-21)20-6-5-19(32-23(20)15-29-14-18)11-24(28)25-8-2-1-3-9-25/h4,7,10,18-20,23,27H,1-3,5-6,8-9,11-16H2/t18-,19-,20+,23-/m1/s1. The molecule has 4 aliphatic rings. The summed E-state index contributed by atoms with van der Waals surface area (Å²) in [6, 6.07) is 6.14. The van der Waals surface area contributed by atoms with E-state index in [2.05, 4.69) is 4.90 Å². The normalized spacial score (nSPS) is 31.0. The van der Waals surface area contributed by atoms with Gasteiger partial charge in [0.25, 0.3) is 0 Å². The SMILES string of the molecule is O=C(C[C@H]1CC[C@H]2[C@@H](COC[C@H](O)CN2Cc2ccc3c(c2)OCO3)O1)N1CCCCC1. The predicted molar refractivity (Wildman–Crippen MR) is 117 cm³/mol. The Labute approximate surface area is 189 Å². The summed E-state index contributed by atoms with van der Waals surface area (Å²) in [6.45, 7) is 3.96. The summed E-state index contributed by atoms with van der Waals surface area (Å²) >= 11 is 0. The Morgan fingerprint density at radius 3 is 2.78 bits per heavy atom. The summed E-state index contributed by atoms with van der Waals surface area (Å²) < 4.78 is 23.1. The second kappa shape index (κ2) is 9.95. The summed E-state index contributed by atoms with van der Waals surface area (Å²) in [5.74, 6) is 1.76. The highest BCUT2D eigenvalue weighted by Gasteiger charge is 2.38. The Kier molecular flexibility index (Phi) is 6.83. The first-order chi connectivity index (χ1) is 15.7. The number of β-amino-alcohol motifs (C(OH)–C–C–N with tert-alkyl or cyclic N) is 1. The van der Waals surface area contributed by atoms with Gasteiger partial charge >= 0.3 is 0 Å². The van der Waals surface area contributed by atoms with Gasteiger partial charge in [0.1, 0.15) is 0 Å². The average Bonchev–Trinajstić information content (AvgIpc) is 3.26. The number of fused-ring (bicyclic) bond motifs is 2. The Balaban J connectivity index is 1.24. The lowest BCUT2D eigenvalue weighted by Gasteiger charge is -2.44. The van der Waals surface area contributed by atoms with Crippen LogP contribution in [0.2, 0.25) is 0 Å². The molecule has 0 aliphatic carbocycles. The number of likely N-dealkylation sites (tertiary alicyclic amines) is 1. The van der Waals surface area contributed by atoms with E-state index in [0.717, 1.165) is 55.8 Å². The van der Waals surface area contributed by atoms with E-state index in [-0.39, 0.29) is 30.9 Å². The lowest BCUT2D eigenvalue weighted by atomic mass is 9.94. The maximum Gasteiger partial charge on any atom is 0.231 e. The number of hydrogen-bond donors (Lipinski definition) is 1. The Morgan fingerprint density at radius 2 is 1.91 bits per heavy atom. The molecule has 32 heavy (non-hydrogen) atoms. The highest BCUT2D eigenvalue weighted by atomic mass is 16.7. The molecular weight excluding hydrogens is 412 g/mol. The van der Waals surface area contributed by atoms with Crippen molar-refractivity contribution in [1.82, 2.24) is 9.80 Å². The van der Waals surface area contributed by atoms with Crippen LogP contribution in [0.4, 0.5) is 0 Å². The predicted octanol–water partition coefficient (Wildman–Crippen LogP) is 1.93. The van der Waals surface area contributed by atoms with E-state index in [1.165, 1.54) is 6.42 Å². The van der Waals surface area contributed by atoms with Crippen molar-refractivity contribution in [2.45, 2.75) is 69.4 Å². The van der Waals surface area contributed by atoms with Crippen LogP contribution < -0.4 is 9.47 Å². The number of piperidine rings is 1. The fourth-order valence-corrected chi connectivity index (χ4v) is 5.37. The Bertz CT molecular complexity index is 799. The van der Waals surface area contributed by atoms with Gasteiger partial charge in [-0.2, -0.15) is 0 Å². The van der Waals surface area contributed by atoms with E-state index in [9.17, 15) is 9.90 Å². The Morgan fingerprint density at radius 1 is 1.06 bits per heavy atom. The van der Waals surface area contributed by atoms with Gasteiger partial charge in [0, 0.05) is 32.2 Å². The minimum atomic E-state index is -0.539. The van der Waals surface area contributed by atoms with Gasteiger partial charge < -0.3 is 29.0 Å². The summed E-state index contributed by atoms with van der Waals surface area (Å²) in [5, 5.41) is 10.4. The van der Waals surface area contributed by atoms with Gasteiger partial charge in [-0.05, 0) is 49.8 Å². The molecular formula is C24H34N2O6. The number of ether oxygens (including phenoxy) is 4. The zero-order chi connectivity index (χ0) is 21.9. The molecule has 0 saturated carbocycles. The zero-order valence-corrected chi connectivity index (χ0v) is 18.6. The van der Waals surface area contributed by atoms with Crippen molar-refractivity contribution in [3.63, 3.8) is 0 Å². The molecule has 3 fully saturated rings. The molecule has 1 aromatic carbocycles. The first-order valence-electron chi connectivity index (χ1n) is 12.0. The molecule has 176 valence electrons. The van der Waals surface area contributed by atoms with Crippen LogP contribution in [0.15, 0.2) is 18.2 Å². The van der Waals surface area contributed by atoms with Crippen LogP contribution in [0.5, 0.6) is 11.5 Å². The maximum absolute atomic E-state index is 12.7. The second-order valence-electron chi connectivity index (χ2n) is 9.40. The van der Waals surface area contributed by atoms with E-state index in [0.29, 0.717) is 32.7 Å². The summed E-state index contributed by atoms with van der Waals surface area (Å²) in [6.07, 6.45) is 4.93. The molecule has 4 aliphatic heterocycles. The van der Waals surface area contributed by atoms with Crippen molar-refractivity contribution >= 4 is 5.91 Å². The molecule has 4 heterocycles. The molecule has 4 atom stereocenters. The number of rotatable bonds is 4. The summed E-state index contributed by atoms with van der Waals surface area (Å²) in [5.41, 5.74) is 1.11. The summed E-state index contributed by atoms with van der Waals surface area (Å²) in [4.78, 5) is 17.0. The van der Waals surface area contributed by atoms with E-state index in [1.54, 1.807) is 0 Å². The molecule has 0 aromatic heterocycles. The molecule has 8 heteroatoms. The van der Waals surface area contributed by atoms with E-state index in [1.807, 2.05) is 23.1 Å². The molecule has 0 radical (unpaired) electrons. The molecule has 3 saturated heterocycles. The minimum absolute atomic E-state index is 0.0639. The molecule has 8 nitrogen and oxygen atoms in total. The smallest absolute Gasteiger partial charge is 0.231 e. The average molecular weight is 447 g/mol. The van der Waals surface area contributed by atoms with Crippen LogP contribution in [-0.4, -0.2) is 84.8 Å². The van der Waals surface area contributed by atoms with Gasteiger partial charge in [0.2, 0.25) is 12.7 Å². The molecule has 0 bridgehead atoms. The van der Waals surface area contributed by atoms with Crippen molar-refractivity contribution in [3.05, 3.63) is 23.8 Å². The van der Waals surface area contributed by atoms with Crippen LogP contribution in [-0.2, 0) is 20.8 Å². The number of amides is 1. The largest absolute Gasteiger partial charge is 0.454 e. The van der Waals surface area contributed by atoms with Crippen molar-refractivity contribution in [2.75, 3.05) is 39.6 Å². The number of carbonyl (C=O) groups excluding carboxylic acids is 1. The number of carbonyl (C=O) groups is 1. The third-order valence-corrected chi connectivity index (χ3v) is 7.02. The van der Waals surface area contributed by atoms with Crippen LogP contribution in [0, 0.1) is 0 Å². The van der Waals surface area contributed by atoms with Crippen molar-refractivity contribution < 1.29 is 28.8 Å². The van der Waals surface area contributed by atoms with E-state index < -0.39 is 6.10 Å². The molecule has 1 N–H and O–H groups in total. The van der Waals surface area contributed by atoms with Crippen LogP contribution in [0.1, 0.15) is 44.1 Å². The third kappa shape index (κ3) is 5.03. The first-order valence-corrected chi connectivity index (χ1v) is 12.0. The van der Waals surface area contributed by atoms with Gasteiger partial charge in [-0.25, -0.2) is 0 Å². The quantitative estimate of drug-likeness (QED) is 0.757. The monoisotopic (exact) mass is 446 g/mol. The van der Waals surface area contributed by atoms with E-state index >= 15 is 0 Å². The number of nitrogens with zero attached hydrogens (tertiary/aromatic N) is 2. The fourth-order valence-electron chi connectivity index (χ4n) is 5.37.